The van der Waals surface area contributed by atoms with E-state index in [1.807, 2.05) is 58.5 Å². The first kappa shape index (κ1) is 34.0. The van der Waals surface area contributed by atoms with E-state index in [2.05, 4.69) is 41.7 Å². The zero-order valence-corrected chi connectivity index (χ0v) is 30.1. The number of amides is 2. The van der Waals surface area contributed by atoms with Crippen LogP contribution in [0.3, 0.4) is 0 Å². The molecule has 3 aliphatic rings. The number of aromatic hydroxyl groups is 1. The summed E-state index contributed by atoms with van der Waals surface area (Å²) in [6.07, 6.45) is 10.9. The standard InChI is InChI=1S/C36H45Br2N5O4/c37-30-21-25(22-31(38)34(30)45)20-27(35(46)42-18-10-28(11-19-42)40-14-6-1-2-7-15-40)23-33(44)41-16-12-29(13-17-41)43-24-32(39-36(43)47)26-8-4-3-5-9-26/h3-5,8-9,21-22,24,27-29,45H,1-2,6-7,10-20,23H2,(H,39,47)/t27-/m1/s1. The number of piperidine rings is 2. The summed E-state index contributed by atoms with van der Waals surface area (Å²) in [5, 5.41) is 10.3. The Morgan fingerprint density at radius 2 is 1.43 bits per heavy atom. The van der Waals surface area contributed by atoms with Crippen molar-refractivity contribution in [2.45, 2.75) is 76.3 Å². The summed E-state index contributed by atoms with van der Waals surface area (Å²) in [5.41, 5.74) is 2.50. The van der Waals surface area contributed by atoms with Gasteiger partial charge in [0.15, 0.2) is 0 Å². The second kappa shape index (κ2) is 15.6. The summed E-state index contributed by atoms with van der Waals surface area (Å²) in [6, 6.07) is 14.0. The number of rotatable bonds is 8. The van der Waals surface area contributed by atoms with E-state index < -0.39 is 5.92 Å². The summed E-state index contributed by atoms with van der Waals surface area (Å²) >= 11 is 6.85. The van der Waals surface area contributed by atoms with E-state index in [-0.39, 0.29) is 35.7 Å². The van der Waals surface area contributed by atoms with E-state index >= 15 is 0 Å². The lowest BCUT2D eigenvalue weighted by Crippen LogP contribution is -2.49. The first-order valence-corrected chi connectivity index (χ1v) is 18.7. The number of aromatic amines is 1. The summed E-state index contributed by atoms with van der Waals surface area (Å²) in [7, 11) is 0. The molecule has 47 heavy (non-hydrogen) atoms. The van der Waals surface area contributed by atoms with Gasteiger partial charge in [-0.05, 0) is 113 Å². The molecule has 4 heterocycles. The number of nitrogens with zero attached hydrogens (tertiary/aromatic N) is 4. The fourth-order valence-corrected chi connectivity index (χ4v) is 8.90. The van der Waals surface area contributed by atoms with E-state index in [9.17, 15) is 19.5 Å². The molecule has 0 aliphatic carbocycles. The molecule has 0 bridgehead atoms. The number of hydrogen-bond acceptors (Lipinski definition) is 5. The molecule has 0 saturated carbocycles. The van der Waals surface area contributed by atoms with E-state index in [1.54, 1.807) is 4.57 Å². The number of carbonyl (C=O) groups is 2. The number of halogens is 2. The third-order valence-corrected chi connectivity index (χ3v) is 11.5. The largest absolute Gasteiger partial charge is 0.506 e. The summed E-state index contributed by atoms with van der Waals surface area (Å²) in [6.45, 7) is 4.83. The van der Waals surface area contributed by atoms with E-state index in [0.717, 1.165) is 55.8 Å². The number of carbonyl (C=O) groups excluding carboxylic acids is 2. The van der Waals surface area contributed by atoms with Gasteiger partial charge in [-0.15, -0.1) is 0 Å². The highest BCUT2D eigenvalue weighted by molar-refractivity contribution is 9.11. The zero-order chi connectivity index (χ0) is 32.9. The molecule has 2 aromatic carbocycles. The molecule has 11 heteroatoms. The second-order valence-electron chi connectivity index (χ2n) is 13.4. The van der Waals surface area contributed by atoms with Crippen LogP contribution in [-0.4, -0.2) is 86.5 Å². The lowest BCUT2D eigenvalue weighted by atomic mass is 9.92. The van der Waals surface area contributed by atoms with Crippen LogP contribution in [0.4, 0.5) is 0 Å². The van der Waals surface area contributed by atoms with Crippen molar-refractivity contribution in [1.29, 1.82) is 0 Å². The fraction of sp³-hybridized carbons (Fsp3) is 0.528. The number of imidazole rings is 1. The topological polar surface area (TPSA) is 102 Å². The second-order valence-corrected chi connectivity index (χ2v) is 15.1. The van der Waals surface area contributed by atoms with Crippen molar-refractivity contribution in [3.05, 3.63) is 73.7 Å². The summed E-state index contributed by atoms with van der Waals surface area (Å²) < 4.78 is 2.87. The van der Waals surface area contributed by atoms with Crippen molar-refractivity contribution in [2.75, 3.05) is 39.3 Å². The van der Waals surface area contributed by atoms with Gasteiger partial charge in [0, 0.05) is 50.9 Å². The summed E-state index contributed by atoms with van der Waals surface area (Å²) in [5.74, 6) is -0.373. The molecule has 3 fully saturated rings. The number of hydrogen-bond donors (Lipinski definition) is 2. The highest BCUT2D eigenvalue weighted by Crippen LogP contribution is 2.35. The molecular formula is C36H45Br2N5O4. The van der Waals surface area contributed by atoms with Gasteiger partial charge >= 0.3 is 5.69 Å². The molecule has 2 N–H and O–H groups in total. The number of phenolic OH excluding ortho intramolecular Hbond substituents is 1. The molecule has 3 saturated heterocycles. The molecule has 9 nitrogen and oxygen atoms in total. The van der Waals surface area contributed by atoms with Crippen LogP contribution in [0, 0.1) is 5.92 Å². The highest BCUT2D eigenvalue weighted by atomic mass is 79.9. The van der Waals surface area contributed by atoms with Crippen molar-refractivity contribution >= 4 is 43.7 Å². The van der Waals surface area contributed by atoms with Gasteiger partial charge in [0.2, 0.25) is 11.8 Å². The minimum Gasteiger partial charge on any atom is -0.506 e. The smallest absolute Gasteiger partial charge is 0.326 e. The Hall–Kier alpha value is -2.89. The van der Waals surface area contributed by atoms with E-state index in [4.69, 9.17) is 0 Å². The number of nitrogens with one attached hydrogen (secondary N) is 1. The van der Waals surface area contributed by atoms with Gasteiger partial charge in [0.05, 0.1) is 20.6 Å². The lowest BCUT2D eigenvalue weighted by Gasteiger charge is -2.39. The van der Waals surface area contributed by atoms with Gasteiger partial charge in [0.1, 0.15) is 5.75 Å². The van der Waals surface area contributed by atoms with Crippen LogP contribution >= 0.6 is 31.9 Å². The van der Waals surface area contributed by atoms with Crippen molar-refractivity contribution in [3.8, 4) is 17.0 Å². The zero-order valence-electron chi connectivity index (χ0n) is 26.9. The number of aromatic nitrogens is 2. The fourth-order valence-electron chi connectivity index (χ4n) is 7.62. The molecule has 252 valence electrons. The third-order valence-electron chi connectivity index (χ3n) is 10.3. The molecule has 1 atom stereocenters. The van der Waals surface area contributed by atoms with Crippen LogP contribution in [0.1, 0.15) is 69.4 Å². The van der Waals surface area contributed by atoms with Gasteiger partial charge in [-0.1, -0.05) is 43.2 Å². The Morgan fingerprint density at radius 1 is 0.830 bits per heavy atom. The summed E-state index contributed by atoms with van der Waals surface area (Å²) in [4.78, 5) is 50.2. The number of phenols is 1. The Labute approximate surface area is 293 Å². The van der Waals surface area contributed by atoms with Crippen LogP contribution in [0.15, 0.2) is 62.4 Å². The quantitative estimate of drug-likeness (QED) is 0.278. The van der Waals surface area contributed by atoms with Gasteiger partial charge in [-0.3, -0.25) is 14.2 Å². The van der Waals surface area contributed by atoms with Crippen LogP contribution < -0.4 is 5.69 Å². The molecule has 0 radical (unpaired) electrons. The van der Waals surface area contributed by atoms with Crippen LogP contribution in [0.5, 0.6) is 5.75 Å². The predicted octanol–water partition coefficient (Wildman–Crippen LogP) is 6.35. The van der Waals surface area contributed by atoms with E-state index in [0.29, 0.717) is 47.3 Å². The molecule has 0 spiro atoms. The number of benzene rings is 2. The maximum Gasteiger partial charge on any atom is 0.326 e. The van der Waals surface area contributed by atoms with Crippen LogP contribution in [0.25, 0.3) is 11.3 Å². The molecule has 0 unspecified atom stereocenters. The average Bonchev–Trinajstić information content (AvgIpc) is 3.28. The van der Waals surface area contributed by atoms with Crippen molar-refractivity contribution < 1.29 is 14.7 Å². The van der Waals surface area contributed by atoms with Gasteiger partial charge < -0.3 is 24.8 Å². The Morgan fingerprint density at radius 3 is 2.06 bits per heavy atom. The Kier molecular flexibility index (Phi) is 11.2. The van der Waals surface area contributed by atoms with E-state index in [1.165, 1.54) is 25.7 Å². The molecular weight excluding hydrogens is 726 g/mol. The normalized spacial score (nSPS) is 19.4. The van der Waals surface area contributed by atoms with Crippen molar-refractivity contribution in [3.63, 3.8) is 0 Å². The van der Waals surface area contributed by atoms with Crippen LogP contribution in [-0.2, 0) is 16.0 Å². The maximum absolute atomic E-state index is 14.1. The van der Waals surface area contributed by atoms with Crippen molar-refractivity contribution in [2.24, 2.45) is 5.92 Å². The molecule has 2 amide bonds. The first-order chi connectivity index (χ1) is 22.8. The Bertz CT molecular complexity index is 1560. The third kappa shape index (κ3) is 8.23. The average molecular weight is 772 g/mol. The maximum atomic E-state index is 14.1. The van der Waals surface area contributed by atoms with Gasteiger partial charge in [-0.25, -0.2) is 4.79 Å². The molecule has 6 rings (SSSR count). The Balaban J connectivity index is 1.11. The van der Waals surface area contributed by atoms with Gasteiger partial charge in [-0.2, -0.15) is 0 Å². The molecule has 3 aromatic rings. The molecule has 1 aromatic heterocycles. The SMILES string of the molecule is O=C(C[C@@H](Cc1cc(Br)c(O)c(Br)c1)C(=O)N1CCC(N2CCCCCC2)CC1)N1CCC(n2cc(-c3ccccc3)[nH]c2=O)CC1. The monoisotopic (exact) mass is 769 g/mol. The van der Waals surface area contributed by atoms with Gasteiger partial charge in [0.25, 0.3) is 0 Å². The number of likely N-dealkylation sites (tertiary alicyclic amines) is 3. The first-order valence-electron chi connectivity index (χ1n) is 17.1. The molecule has 3 aliphatic heterocycles. The van der Waals surface area contributed by atoms with Crippen molar-refractivity contribution in [1.82, 2.24) is 24.3 Å². The van der Waals surface area contributed by atoms with Crippen LogP contribution in [0.2, 0.25) is 0 Å². The lowest BCUT2D eigenvalue weighted by molar-refractivity contribution is -0.143. The minimum absolute atomic E-state index is 0.00915. The minimum atomic E-state index is -0.501. The predicted molar refractivity (Wildman–Crippen MR) is 190 cm³/mol. The number of H-pyrrole nitrogens is 1. The highest BCUT2D eigenvalue weighted by Gasteiger charge is 2.34.